The van der Waals surface area contributed by atoms with E-state index in [9.17, 15) is 9.18 Å². The first-order valence-corrected chi connectivity index (χ1v) is 6.63. The summed E-state index contributed by atoms with van der Waals surface area (Å²) in [5.74, 6) is 0.284. The van der Waals surface area contributed by atoms with Gasteiger partial charge in [0.15, 0.2) is 0 Å². The summed E-state index contributed by atoms with van der Waals surface area (Å²) in [6, 6.07) is 5.97. The molecule has 1 aromatic carbocycles. The zero-order valence-corrected chi connectivity index (χ0v) is 12.1. The Morgan fingerprint density at radius 3 is 2.37 bits per heavy atom. The number of hydrogen-bond donors (Lipinski definition) is 2. The third-order valence-corrected chi connectivity index (χ3v) is 3.00. The smallest absolute Gasteiger partial charge is 0.315 e. The van der Waals surface area contributed by atoms with Crippen LogP contribution in [0.15, 0.2) is 24.3 Å². The maximum absolute atomic E-state index is 12.9. The van der Waals surface area contributed by atoms with Crippen molar-refractivity contribution in [2.75, 3.05) is 6.54 Å². The van der Waals surface area contributed by atoms with Gasteiger partial charge in [0.05, 0.1) is 5.54 Å². The van der Waals surface area contributed by atoms with Crippen molar-refractivity contribution in [3.63, 3.8) is 0 Å². The first-order chi connectivity index (χ1) is 8.81. The highest BCUT2D eigenvalue weighted by atomic mass is 19.1. The molecule has 19 heavy (non-hydrogen) atoms. The normalized spacial score (nSPS) is 11.5. The van der Waals surface area contributed by atoms with E-state index >= 15 is 0 Å². The first-order valence-electron chi connectivity index (χ1n) is 6.63. The average molecular weight is 266 g/mol. The van der Waals surface area contributed by atoms with Crippen LogP contribution in [0, 0.1) is 11.7 Å². The van der Waals surface area contributed by atoms with Crippen LogP contribution in [0.4, 0.5) is 9.18 Å². The Morgan fingerprint density at radius 2 is 1.84 bits per heavy atom. The number of benzene rings is 1. The van der Waals surface area contributed by atoms with Gasteiger partial charge in [0.25, 0.3) is 0 Å². The van der Waals surface area contributed by atoms with Crippen molar-refractivity contribution in [1.29, 1.82) is 0 Å². The van der Waals surface area contributed by atoms with Crippen molar-refractivity contribution < 1.29 is 9.18 Å². The van der Waals surface area contributed by atoms with Crippen LogP contribution >= 0.6 is 0 Å². The van der Waals surface area contributed by atoms with Crippen molar-refractivity contribution in [3.8, 4) is 0 Å². The van der Waals surface area contributed by atoms with Gasteiger partial charge in [-0.2, -0.15) is 0 Å². The van der Waals surface area contributed by atoms with Gasteiger partial charge in [-0.15, -0.1) is 0 Å². The molecule has 1 aromatic rings. The number of amides is 2. The molecule has 0 atom stereocenters. The first kappa shape index (κ1) is 15.5. The third-order valence-electron chi connectivity index (χ3n) is 3.00. The fraction of sp³-hybridized carbons (Fsp3) is 0.533. The molecule has 2 N–H and O–H groups in total. The van der Waals surface area contributed by atoms with Gasteiger partial charge in [-0.1, -0.05) is 26.0 Å². The molecule has 4 heteroatoms. The Kier molecular flexibility index (Phi) is 5.33. The van der Waals surface area contributed by atoms with Crippen molar-refractivity contribution in [1.82, 2.24) is 10.6 Å². The van der Waals surface area contributed by atoms with Gasteiger partial charge in [0.2, 0.25) is 0 Å². The second-order valence-corrected chi connectivity index (χ2v) is 5.70. The molecule has 0 radical (unpaired) electrons. The summed E-state index contributed by atoms with van der Waals surface area (Å²) < 4.78 is 12.9. The van der Waals surface area contributed by atoms with Crippen LogP contribution in [0.1, 0.15) is 39.7 Å². The van der Waals surface area contributed by atoms with Gasteiger partial charge in [-0.05, 0) is 43.9 Å². The largest absolute Gasteiger partial charge is 0.338 e. The highest BCUT2D eigenvalue weighted by Gasteiger charge is 2.22. The lowest BCUT2D eigenvalue weighted by Crippen LogP contribution is -2.46. The molecule has 1 rings (SSSR count). The van der Waals surface area contributed by atoms with Gasteiger partial charge in [-0.3, -0.25) is 0 Å². The minimum atomic E-state index is -0.532. The molecule has 0 saturated heterocycles. The predicted molar refractivity (Wildman–Crippen MR) is 75.4 cm³/mol. The molecular weight excluding hydrogens is 243 g/mol. The molecule has 0 heterocycles. The van der Waals surface area contributed by atoms with E-state index in [0.717, 1.165) is 12.0 Å². The Hall–Kier alpha value is -1.58. The molecule has 0 saturated carbocycles. The maximum atomic E-state index is 12.9. The van der Waals surface area contributed by atoms with Crippen molar-refractivity contribution in [3.05, 3.63) is 35.6 Å². The monoisotopic (exact) mass is 266 g/mol. The number of urea groups is 1. The second-order valence-electron chi connectivity index (χ2n) is 5.70. The quantitative estimate of drug-likeness (QED) is 0.842. The maximum Gasteiger partial charge on any atom is 0.315 e. The van der Waals surface area contributed by atoms with Gasteiger partial charge < -0.3 is 10.6 Å². The van der Waals surface area contributed by atoms with Crippen LogP contribution in [-0.2, 0) is 5.54 Å². The van der Waals surface area contributed by atoms with E-state index in [1.54, 1.807) is 12.1 Å². The summed E-state index contributed by atoms with van der Waals surface area (Å²) >= 11 is 0. The van der Waals surface area contributed by atoms with Crippen LogP contribution in [-0.4, -0.2) is 12.6 Å². The van der Waals surface area contributed by atoms with E-state index in [-0.39, 0.29) is 11.8 Å². The summed E-state index contributed by atoms with van der Waals surface area (Å²) in [5.41, 5.74) is 0.336. The molecule has 106 valence electrons. The van der Waals surface area contributed by atoms with Crippen LogP contribution in [0.5, 0.6) is 0 Å². The summed E-state index contributed by atoms with van der Waals surface area (Å²) in [7, 11) is 0. The molecule has 0 bridgehead atoms. The molecule has 0 unspecified atom stereocenters. The van der Waals surface area contributed by atoms with Crippen molar-refractivity contribution in [2.45, 2.75) is 39.7 Å². The van der Waals surface area contributed by atoms with E-state index in [1.807, 2.05) is 13.8 Å². The SMILES string of the molecule is CC(C)CCNC(=O)NC(C)(C)c1ccc(F)cc1. The lowest BCUT2D eigenvalue weighted by atomic mass is 9.94. The molecule has 0 aliphatic carbocycles. The summed E-state index contributed by atoms with van der Waals surface area (Å²) in [4.78, 5) is 11.8. The van der Waals surface area contributed by atoms with Gasteiger partial charge in [0, 0.05) is 6.54 Å². The summed E-state index contributed by atoms with van der Waals surface area (Å²) in [5, 5.41) is 5.72. The van der Waals surface area contributed by atoms with Crippen molar-refractivity contribution in [2.24, 2.45) is 5.92 Å². The molecule has 0 aromatic heterocycles. The van der Waals surface area contributed by atoms with E-state index in [0.29, 0.717) is 12.5 Å². The fourth-order valence-electron chi connectivity index (χ4n) is 1.74. The van der Waals surface area contributed by atoms with Crippen LogP contribution in [0.25, 0.3) is 0 Å². The third kappa shape index (κ3) is 5.28. The zero-order valence-electron chi connectivity index (χ0n) is 12.1. The van der Waals surface area contributed by atoms with Gasteiger partial charge in [0.1, 0.15) is 5.82 Å². The highest BCUT2D eigenvalue weighted by molar-refractivity contribution is 5.74. The molecule has 0 fully saturated rings. The Balaban J connectivity index is 2.54. The lowest BCUT2D eigenvalue weighted by Gasteiger charge is -2.27. The van der Waals surface area contributed by atoms with E-state index in [2.05, 4.69) is 24.5 Å². The topological polar surface area (TPSA) is 41.1 Å². The number of carbonyl (C=O) groups is 1. The predicted octanol–water partition coefficient (Wildman–Crippen LogP) is 3.41. The van der Waals surface area contributed by atoms with E-state index < -0.39 is 5.54 Å². The Bertz CT molecular complexity index is 413. The number of halogens is 1. The minimum absolute atomic E-state index is 0.199. The number of nitrogens with one attached hydrogen (secondary N) is 2. The van der Waals surface area contributed by atoms with Gasteiger partial charge in [-0.25, -0.2) is 9.18 Å². The van der Waals surface area contributed by atoms with E-state index in [1.165, 1.54) is 12.1 Å². The van der Waals surface area contributed by atoms with Crippen LogP contribution in [0.3, 0.4) is 0 Å². The highest BCUT2D eigenvalue weighted by Crippen LogP contribution is 2.19. The molecule has 0 spiro atoms. The molecular formula is C15H23FN2O. The van der Waals surface area contributed by atoms with Crippen LogP contribution in [0.2, 0.25) is 0 Å². The molecule has 2 amide bonds. The minimum Gasteiger partial charge on any atom is -0.338 e. The second kappa shape index (κ2) is 6.55. The number of rotatable bonds is 5. The fourth-order valence-corrected chi connectivity index (χ4v) is 1.74. The Morgan fingerprint density at radius 1 is 1.26 bits per heavy atom. The van der Waals surface area contributed by atoms with E-state index in [4.69, 9.17) is 0 Å². The van der Waals surface area contributed by atoms with Crippen LogP contribution < -0.4 is 10.6 Å². The van der Waals surface area contributed by atoms with Crippen molar-refractivity contribution >= 4 is 6.03 Å². The average Bonchev–Trinajstić information content (AvgIpc) is 2.28. The summed E-state index contributed by atoms with van der Waals surface area (Å²) in [6.07, 6.45) is 0.949. The molecule has 0 aliphatic rings. The number of carbonyl (C=O) groups excluding carboxylic acids is 1. The molecule has 3 nitrogen and oxygen atoms in total. The van der Waals surface area contributed by atoms with Gasteiger partial charge >= 0.3 is 6.03 Å². The lowest BCUT2D eigenvalue weighted by molar-refractivity contribution is 0.229. The molecule has 0 aliphatic heterocycles. The zero-order chi connectivity index (χ0) is 14.5. The number of hydrogen-bond acceptors (Lipinski definition) is 1. The Labute approximate surface area is 114 Å². The standard InChI is InChI=1S/C15H23FN2O/c1-11(2)9-10-17-14(19)18-15(3,4)12-5-7-13(16)8-6-12/h5-8,11H,9-10H2,1-4H3,(H2,17,18,19). The summed E-state index contributed by atoms with van der Waals surface area (Å²) in [6.45, 7) is 8.66.